The van der Waals surface area contributed by atoms with Crippen molar-refractivity contribution in [2.24, 2.45) is 23.7 Å². The van der Waals surface area contributed by atoms with Crippen LogP contribution in [0.2, 0.25) is 0 Å². The van der Waals surface area contributed by atoms with E-state index in [0.29, 0.717) is 44.7 Å². The second-order valence-corrected chi connectivity index (χ2v) is 50.7. The number of benzene rings is 4. The van der Waals surface area contributed by atoms with Crippen molar-refractivity contribution in [3.05, 3.63) is 181 Å². The van der Waals surface area contributed by atoms with Crippen LogP contribution in [0, 0.1) is 44.4 Å². The fourth-order valence-corrected chi connectivity index (χ4v) is 30.9. The number of carbonyl (C=O) groups excluding carboxylic acids is 3. The van der Waals surface area contributed by atoms with E-state index in [9.17, 15) is 4.79 Å². The molecule has 782 valence electrons. The van der Waals surface area contributed by atoms with Gasteiger partial charge in [-0.15, -0.1) is 68.0 Å². The Hall–Kier alpha value is -6.85. The van der Waals surface area contributed by atoms with E-state index in [0.717, 1.165) is 107 Å². The van der Waals surface area contributed by atoms with Crippen LogP contribution in [-0.4, -0.2) is 73.5 Å². The molecule has 4 aliphatic rings. The van der Waals surface area contributed by atoms with E-state index in [1.54, 1.807) is 0 Å². The quantitative estimate of drug-likeness (QED) is 0.0353. The number of hydrogen-bond acceptors (Lipinski definition) is 12. The Kier molecular flexibility index (Phi) is 48.6. The van der Waals surface area contributed by atoms with E-state index in [1.165, 1.54) is 401 Å². The summed E-state index contributed by atoms with van der Waals surface area (Å²) in [5.74, 6) is 3.87. The molecule has 0 radical (unpaired) electrons. The summed E-state index contributed by atoms with van der Waals surface area (Å²) >= 11 is 11.4. The fraction of sp³-hybridized carbons (Fsp3) is 0.617. The van der Waals surface area contributed by atoms with Crippen molar-refractivity contribution in [2.45, 2.75) is 442 Å². The molecule has 0 saturated carbocycles. The topological polar surface area (TPSA) is 82.6 Å². The number of unbranched alkanes of at least 4 members (excludes halogenated alkanes) is 36. The van der Waals surface area contributed by atoms with Crippen LogP contribution < -0.4 is 19.3 Å². The zero-order chi connectivity index (χ0) is 100. The predicted molar refractivity (Wildman–Crippen MR) is 628 cm³/mol. The molecule has 15 heteroatoms. The Morgan fingerprint density at radius 2 is 0.720 bits per heavy atom. The van der Waals surface area contributed by atoms with Gasteiger partial charge in [-0.2, -0.15) is 0 Å². The number of fused-ring (bicyclic) bond motifs is 8. The third kappa shape index (κ3) is 33.6. The smallest absolute Gasteiger partial charge is 0.256 e. The minimum atomic E-state index is -0.520. The molecule has 3 atom stereocenters. The number of ether oxygens (including phenoxy) is 2. The van der Waals surface area contributed by atoms with Crippen LogP contribution >= 0.6 is 68.0 Å². The van der Waals surface area contributed by atoms with Crippen molar-refractivity contribution in [2.75, 3.05) is 55.7 Å². The largest absolute Gasteiger partial charge is 0.492 e. The maximum absolute atomic E-state index is 15.6. The van der Waals surface area contributed by atoms with Gasteiger partial charge in [-0.3, -0.25) is 14.4 Å². The molecule has 14 rings (SSSR count). The molecule has 0 bridgehead atoms. The van der Waals surface area contributed by atoms with Crippen molar-refractivity contribution in [1.29, 1.82) is 0 Å². The maximum Gasteiger partial charge on any atom is 0.256 e. The van der Waals surface area contributed by atoms with Crippen LogP contribution in [0.4, 0.5) is 11.4 Å². The number of aryl methyl sites for hydroxylation is 3. The Morgan fingerprint density at radius 3 is 1.19 bits per heavy atom. The molecule has 3 unspecified atom stereocenters. The standard InChI is InChI=1S/C74H116N2O2S2.C54H68N2O3S4/c1-7-11-15-19-23-27-31-35-41-61(42-36-32-28-24-20-16-12-8-2)45-39-55-75-66-57-59(5)47-50-64(66)71(73(75)77)72-65-51-49-63(68-53-54-70(80-68)69-52-48-60(6)79-69)58-67(65)76(74(72)78)56-40-46-62(43-37-33-29-25-21-17-13-9-3)44-38-34-30-26-22-18-14-10-4;1-7-9-11-13-14-16-18-39(17-15-12-10-8-2)33-41-21-25-43(26-22-41)59-30-28-56-49-44(45-34-47-51(61-45)53-52(63-47)50-46(62-53)32-37(5)60-50)35-55(48(49)38(6)54(56)57)27-29-58-42-23-19-40(20-24-42)31-36(3)4/h47-54,57-58,61-62,71-72H,7-46,55-56H2,1-6H3;19-26,32,34,36,39H,7-18,27-31,33,35H2,1-6H3. The van der Waals surface area contributed by atoms with Gasteiger partial charge in [0.1, 0.15) is 24.7 Å². The zero-order valence-corrected chi connectivity index (χ0v) is 95.8. The molecule has 143 heavy (non-hydrogen) atoms. The second-order valence-electron chi connectivity index (χ2n) is 43.9. The molecular formula is C128H184N4O5S6. The molecule has 4 aromatic carbocycles. The van der Waals surface area contributed by atoms with E-state index < -0.39 is 11.8 Å². The van der Waals surface area contributed by atoms with Gasteiger partial charge in [-0.1, -0.05) is 412 Å². The lowest BCUT2D eigenvalue weighted by atomic mass is 9.82. The van der Waals surface area contributed by atoms with Gasteiger partial charge >= 0.3 is 0 Å². The first-order valence-corrected chi connectivity index (χ1v) is 63.2. The summed E-state index contributed by atoms with van der Waals surface area (Å²) in [4.78, 5) is 61.6. The van der Waals surface area contributed by atoms with Crippen molar-refractivity contribution >= 4 is 131 Å². The van der Waals surface area contributed by atoms with Crippen LogP contribution in [0.3, 0.4) is 0 Å². The summed E-state index contributed by atoms with van der Waals surface area (Å²) in [6.07, 6.45) is 71.7. The van der Waals surface area contributed by atoms with Crippen LogP contribution in [0.1, 0.15) is 450 Å². The van der Waals surface area contributed by atoms with Gasteiger partial charge in [0.15, 0.2) is 0 Å². The molecule has 0 spiro atoms. The highest BCUT2D eigenvalue weighted by atomic mass is 32.1. The van der Waals surface area contributed by atoms with E-state index in [4.69, 9.17) is 9.47 Å². The van der Waals surface area contributed by atoms with Crippen molar-refractivity contribution in [3.63, 3.8) is 0 Å². The normalized spacial score (nSPS) is 15.1. The van der Waals surface area contributed by atoms with E-state index in [-0.39, 0.29) is 17.7 Å². The highest BCUT2D eigenvalue weighted by Gasteiger charge is 2.51. The average Bonchev–Trinajstić information content (AvgIpc) is 1.57. The average molecular weight is 2050 g/mol. The molecule has 0 fully saturated rings. The molecule has 0 aliphatic carbocycles. The van der Waals surface area contributed by atoms with Crippen LogP contribution in [-0.2, 0) is 27.2 Å². The van der Waals surface area contributed by atoms with Crippen molar-refractivity contribution < 1.29 is 23.9 Å². The lowest BCUT2D eigenvalue weighted by Gasteiger charge is -2.23. The van der Waals surface area contributed by atoms with E-state index >= 15 is 9.59 Å². The highest BCUT2D eigenvalue weighted by molar-refractivity contribution is 7.44. The number of amides is 3. The Morgan fingerprint density at radius 1 is 0.322 bits per heavy atom. The minimum Gasteiger partial charge on any atom is -0.492 e. The Bertz CT molecular complexity index is 5450. The summed E-state index contributed by atoms with van der Waals surface area (Å²) in [5.41, 5.74) is 13.4. The first-order chi connectivity index (χ1) is 70.0. The number of carbonyl (C=O) groups is 3. The molecule has 3 amide bonds. The number of anilines is 2. The van der Waals surface area contributed by atoms with E-state index in [1.807, 2.05) is 79.8 Å². The number of thiophene rings is 6. The molecular weight excluding hydrogens is 1870 g/mol. The van der Waals surface area contributed by atoms with Gasteiger partial charge in [-0.05, 0) is 196 Å². The van der Waals surface area contributed by atoms with Crippen LogP contribution in [0.25, 0.3) is 54.0 Å². The SMILES string of the molecule is CCCCCCCCC(CCCCCC)Cc1ccc(OCCN2C(=O)C(C)=C3C2=C(c2cc4sc5c6sc(C)cc6sc5c4s2)CN3CCOc2ccc(CC(C)C)cc2)cc1.CCCCCCCCCCC(CCCCCCCCCC)CCCN1C(=O)C(C2C(=O)N(CCCC(CCCCCCCCCC)CCCCCCCCCC)c3cc(-c4ccc(-c5ccc(C)s5)s4)ccc32)c2ccc(C)cc21. The lowest BCUT2D eigenvalue weighted by Crippen LogP contribution is -2.36. The predicted octanol–water partition coefficient (Wildman–Crippen LogP) is 40.3. The first kappa shape index (κ1) is 113. The second kappa shape index (κ2) is 61.3. The Balaban J connectivity index is 0.000000246. The monoisotopic (exact) mass is 2050 g/mol. The molecule has 9 nitrogen and oxygen atoms in total. The summed E-state index contributed by atoms with van der Waals surface area (Å²) in [6, 6.07) is 44.5. The molecule has 10 aromatic rings. The van der Waals surface area contributed by atoms with Gasteiger partial charge in [0, 0.05) is 80.8 Å². The summed E-state index contributed by atoms with van der Waals surface area (Å²) in [7, 11) is 0. The molecule has 4 aliphatic heterocycles. The third-order valence-corrected chi connectivity index (χ3v) is 39.0. The van der Waals surface area contributed by atoms with Gasteiger partial charge in [-0.25, -0.2) is 0 Å². The summed E-state index contributed by atoms with van der Waals surface area (Å²) < 4.78 is 21.1. The molecule has 10 heterocycles. The number of nitrogens with zero attached hydrogens (tertiary/aromatic N) is 4. The van der Waals surface area contributed by atoms with Gasteiger partial charge in [0.25, 0.3) is 5.91 Å². The summed E-state index contributed by atoms with van der Waals surface area (Å²) in [6.45, 7) is 31.2. The van der Waals surface area contributed by atoms with Crippen LogP contribution in [0.5, 0.6) is 11.5 Å². The zero-order valence-electron chi connectivity index (χ0n) is 90.9. The lowest BCUT2D eigenvalue weighted by molar-refractivity contribution is -0.125. The van der Waals surface area contributed by atoms with E-state index in [2.05, 4.69) is 212 Å². The fourth-order valence-electron chi connectivity index (χ4n) is 23.3. The number of rotatable bonds is 72. The maximum atomic E-state index is 15.6. The van der Waals surface area contributed by atoms with Gasteiger partial charge in [0.05, 0.1) is 55.1 Å². The minimum absolute atomic E-state index is 0.0766. The Labute approximate surface area is 890 Å². The van der Waals surface area contributed by atoms with Gasteiger partial charge in [0.2, 0.25) is 11.8 Å². The number of hydrogen-bond donors (Lipinski definition) is 0. The van der Waals surface area contributed by atoms with Gasteiger partial charge < -0.3 is 29.1 Å². The molecule has 0 saturated heterocycles. The third-order valence-electron chi connectivity index (χ3n) is 31.5. The van der Waals surface area contributed by atoms with Crippen molar-refractivity contribution in [3.8, 4) is 31.7 Å². The summed E-state index contributed by atoms with van der Waals surface area (Å²) in [5, 5.41) is 0. The highest BCUT2D eigenvalue weighted by Crippen LogP contribution is 2.56. The van der Waals surface area contributed by atoms with Crippen LogP contribution in [0.15, 0.2) is 138 Å². The molecule has 6 aromatic heterocycles. The first-order valence-electron chi connectivity index (χ1n) is 58.3. The van der Waals surface area contributed by atoms with Crippen molar-refractivity contribution in [1.82, 2.24) is 9.80 Å². The molecule has 0 N–H and O–H groups in total.